The molecule has 1 aliphatic rings. The first-order valence-corrected chi connectivity index (χ1v) is 5.06. The molecule has 0 aromatic carbocycles. The third-order valence-corrected chi connectivity index (χ3v) is 2.80. The van der Waals surface area contributed by atoms with Gasteiger partial charge in [0.2, 0.25) is 11.8 Å². The molecule has 0 aromatic rings. The maximum atomic E-state index is 11.4. The molecular formula is C10H15NO4. The van der Waals surface area contributed by atoms with Gasteiger partial charge >= 0.3 is 5.97 Å². The largest absolute Gasteiger partial charge is 0.480 e. The molecule has 1 N–H and O–H groups in total. The second-order valence-electron chi connectivity index (χ2n) is 3.83. The second kappa shape index (κ2) is 4.42. The zero-order chi connectivity index (χ0) is 11.6. The van der Waals surface area contributed by atoms with Gasteiger partial charge in [-0.2, -0.15) is 0 Å². The van der Waals surface area contributed by atoms with E-state index >= 15 is 0 Å². The molecule has 1 fully saturated rings. The van der Waals surface area contributed by atoms with Crippen molar-refractivity contribution >= 4 is 17.8 Å². The number of imide groups is 1. The van der Waals surface area contributed by atoms with E-state index in [1.807, 2.05) is 6.92 Å². The van der Waals surface area contributed by atoms with Crippen molar-refractivity contribution in [1.82, 2.24) is 4.90 Å². The third-order valence-electron chi connectivity index (χ3n) is 2.80. The Kier molecular flexibility index (Phi) is 3.44. The quantitative estimate of drug-likeness (QED) is 0.695. The normalized spacial score (nSPS) is 20.5. The van der Waals surface area contributed by atoms with E-state index in [1.54, 1.807) is 6.92 Å². The van der Waals surface area contributed by atoms with Gasteiger partial charge in [0, 0.05) is 12.8 Å². The monoisotopic (exact) mass is 213 g/mol. The average molecular weight is 213 g/mol. The minimum absolute atomic E-state index is 0.138. The van der Waals surface area contributed by atoms with Gasteiger partial charge in [0.15, 0.2) is 0 Å². The number of carboxylic acids is 1. The fourth-order valence-electron chi connectivity index (χ4n) is 1.74. The van der Waals surface area contributed by atoms with Gasteiger partial charge in [-0.3, -0.25) is 14.5 Å². The summed E-state index contributed by atoms with van der Waals surface area (Å²) in [6, 6.07) is -1.00. The number of amides is 2. The van der Waals surface area contributed by atoms with Crippen LogP contribution in [0.5, 0.6) is 0 Å². The summed E-state index contributed by atoms with van der Waals surface area (Å²) in [6.07, 6.45) is 0.895. The Hall–Kier alpha value is -1.39. The van der Waals surface area contributed by atoms with Gasteiger partial charge in [0.05, 0.1) is 0 Å². The lowest BCUT2D eigenvalue weighted by Crippen LogP contribution is -2.48. The standard InChI is InChI=1S/C10H15NO4/c1-3-6(2)9(10(14)15)11-7(12)4-5-8(11)13/h6,9H,3-5H2,1-2H3,(H,14,15)/t6-,9-/m1/s1. The van der Waals surface area contributed by atoms with E-state index in [2.05, 4.69) is 0 Å². The molecule has 2 atom stereocenters. The lowest BCUT2D eigenvalue weighted by atomic mass is 9.98. The lowest BCUT2D eigenvalue weighted by molar-refractivity contribution is -0.156. The number of carbonyl (C=O) groups is 3. The van der Waals surface area contributed by atoms with Crippen molar-refractivity contribution in [2.24, 2.45) is 5.92 Å². The molecule has 0 radical (unpaired) electrons. The van der Waals surface area contributed by atoms with Gasteiger partial charge in [0.25, 0.3) is 0 Å². The summed E-state index contributed by atoms with van der Waals surface area (Å²) in [6.45, 7) is 3.57. The number of hydrogen-bond donors (Lipinski definition) is 1. The molecular weight excluding hydrogens is 198 g/mol. The molecule has 0 aromatic heterocycles. The summed E-state index contributed by atoms with van der Waals surface area (Å²) in [4.78, 5) is 34.7. The van der Waals surface area contributed by atoms with Crippen LogP contribution >= 0.6 is 0 Å². The first-order valence-electron chi connectivity index (χ1n) is 5.06. The number of nitrogens with zero attached hydrogens (tertiary/aromatic N) is 1. The number of likely N-dealkylation sites (tertiary alicyclic amines) is 1. The van der Waals surface area contributed by atoms with Crippen LogP contribution in [0.4, 0.5) is 0 Å². The summed E-state index contributed by atoms with van der Waals surface area (Å²) in [5.74, 6) is -2.05. The van der Waals surface area contributed by atoms with E-state index < -0.39 is 12.0 Å². The van der Waals surface area contributed by atoms with Crippen molar-refractivity contribution in [3.8, 4) is 0 Å². The zero-order valence-corrected chi connectivity index (χ0v) is 8.90. The number of carbonyl (C=O) groups excluding carboxylic acids is 2. The van der Waals surface area contributed by atoms with Crippen LogP contribution in [-0.2, 0) is 14.4 Å². The maximum Gasteiger partial charge on any atom is 0.327 e. The molecule has 1 saturated heterocycles. The van der Waals surface area contributed by atoms with Crippen molar-refractivity contribution in [3.05, 3.63) is 0 Å². The molecule has 1 heterocycles. The molecule has 0 aliphatic carbocycles. The van der Waals surface area contributed by atoms with Gasteiger partial charge < -0.3 is 5.11 Å². The summed E-state index contributed by atoms with van der Waals surface area (Å²) in [5.41, 5.74) is 0. The predicted molar refractivity (Wildman–Crippen MR) is 52.0 cm³/mol. The molecule has 1 aliphatic heterocycles. The van der Waals surface area contributed by atoms with Gasteiger partial charge in [-0.15, -0.1) is 0 Å². The van der Waals surface area contributed by atoms with Gasteiger partial charge in [0.1, 0.15) is 6.04 Å². The SMILES string of the molecule is CC[C@@H](C)[C@H](C(=O)O)N1C(=O)CCC1=O. The Morgan fingerprint density at radius 2 is 1.87 bits per heavy atom. The number of rotatable bonds is 4. The van der Waals surface area contributed by atoms with Gasteiger partial charge in [-0.05, 0) is 5.92 Å². The maximum absolute atomic E-state index is 11.4. The van der Waals surface area contributed by atoms with Crippen LogP contribution in [-0.4, -0.2) is 33.8 Å². The van der Waals surface area contributed by atoms with Gasteiger partial charge in [-0.25, -0.2) is 4.79 Å². The molecule has 0 saturated carbocycles. The molecule has 5 heteroatoms. The predicted octanol–water partition coefficient (Wildman–Crippen LogP) is 0.635. The number of carboxylic acid groups (broad SMARTS) is 1. The Morgan fingerprint density at radius 3 is 2.20 bits per heavy atom. The highest BCUT2D eigenvalue weighted by molar-refractivity contribution is 6.04. The Balaban J connectivity index is 2.93. The molecule has 84 valence electrons. The number of hydrogen-bond acceptors (Lipinski definition) is 3. The van der Waals surface area contributed by atoms with Crippen LogP contribution in [0.3, 0.4) is 0 Å². The van der Waals surface area contributed by atoms with E-state index in [0.717, 1.165) is 4.90 Å². The lowest BCUT2D eigenvalue weighted by Gasteiger charge is -2.26. The molecule has 0 unspecified atom stereocenters. The number of aliphatic carboxylic acids is 1. The van der Waals surface area contributed by atoms with Crippen LogP contribution in [0.15, 0.2) is 0 Å². The summed E-state index contributed by atoms with van der Waals surface area (Å²) < 4.78 is 0. The van der Waals surface area contributed by atoms with Crippen LogP contribution in [0.1, 0.15) is 33.1 Å². The average Bonchev–Trinajstić information content (AvgIpc) is 2.49. The second-order valence-corrected chi connectivity index (χ2v) is 3.83. The van der Waals surface area contributed by atoms with Gasteiger partial charge in [-0.1, -0.05) is 20.3 Å². The molecule has 2 amide bonds. The van der Waals surface area contributed by atoms with Crippen LogP contribution in [0.25, 0.3) is 0 Å². The smallest absolute Gasteiger partial charge is 0.327 e. The zero-order valence-electron chi connectivity index (χ0n) is 8.90. The molecule has 5 nitrogen and oxygen atoms in total. The summed E-state index contributed by atoms with van der Waals surface area (Å²) >= 11 is 0. The van der Waals surface area contributed by atoms with E-state index in [9.17, 15) is 14.4 Å². The fraction of sp³-hybridized carbons (Fsp3) is 0.700. The van der Waals surface area contributed by atoms with Crippen molar-refractivity contribution in [1.29, 1.82) is 0 Å². The van der Waals surface area contributed by atoms with Crippen molar-refractivity contribution in [3.63, 3.8) is 0 Å². The van der Waals surface area contributed by atoms with E-state index in [-0.39, 0.29) is 30.6 Å². The highest BCUT2D eigenvalue weighted by Gasteiger charge is 2.40. The Labute approximate surface area is 88.1 Å². The highest BCUT2D eigenvalue weighted by Crippen LogP contribution is 2.22. The molecule has 15 heavy (non-hydrogen) atoms. The molecule has 1 rings (SSSR count). The van der Waals surface area contributed by atoms with E-state index in [1.165, 1.54) is 0 Å². The van der Waals surface area contributed by atoms with Crippen molar-refractivity contribution < 1.29 is 19.5 Å². The Bertz CT molecular complexity index is 284. The first kappa shape index (κ1) is 11.7. The Morgan fingerprint density at radius 1 is 1.40 bits per heavy atom. The molecule has 0 bridgehead atoms. The van der Waals surface area contributed by atoms with E-state index in [4.69, 9.17) is 5.11 Å². The minimum Gasteiger partial charge on any atom is -0.480 e. The highest BCUT2D eigenvalue weighted by atomic mass is 16.4. The van der Waals surface area contributed by atoms with Crippen LogP contribution in [0, 0.1) is 5.92 Å². The molecule has 0 spiro atoms. The summed E-state index contributed by atoms with van der Waals surface area (Å²) in [7, 11) is 0. The van der Waals surface area contributed by atoms with Crippen LogP contribution < -0.4 is 0 Å². The van der Waals surface area contributed by atoms with Crippen molar-refractivity contribution in [2.75, 3.05) is 0 Å². The topological polar surface area (TPSA) is 74.7 Å². The first-order chi connectivity index (χ1) is 6.99. The van der Waals surface area contributed by atoms with E-state index in [0.29, 0.717) is 6.42 Å². The fourth-order valence-corrected chi connectivity index (χ4v) is 1.74. The minimum atomic E-state index is -1.10. The van der Waals surface area contributed by atoms with Crippen molar-refractivity contribution in [2.45, 2.75) is 39.2 Å². The summed E-state index contributed by atoms with van der Waals surface area (Å²) in [5, 5.41) is 9.02. The third kappa shape index (κ3) is 2.16. The van der Waals surface area contributed by atoms with Crippen LogP contribution in [0.2, 0.25) is 0 Å².